The summed E-state index contributed by atoms with van der Waals surface area (Å²) in [5.74, 6) is 2.02. The molecule has 90 valence electrons. The van der Waals surface area contributed by atoms with E-state index in [1.807, 2.05) is 26.1 Å². The molecule has 0 bridgehead atoms. The maximum absolute atomic E-state index is 5.77. The number of nitrogens with two attached hydrogens (primary N) is 1. The van der Waals surface area contributed by atoms with Gasteiger partial charge in [0.05, 0.1) is 12.3 Å². The number of hydrogen-bond donors (Lipinski definition) is 1. The van der Waals surface area contributed by atoms with Crippen molar-refractivity contribution in [1.82, 2.24) is 4.98 Å². The van der Waals surface area contributed by atoms with Gasteiger partial charge in [0.2, 0.25) is 5.88 Å². The van der Waals surface area contributed by atoms with Crippen molar-refractivity contribution in [3.63, 3.8) is 0 Å². The van der Waals surface area contributed by atoms with Gasteiger partial charge in [-0.1, -0.05) is 13.8 Å². The van der Waals surface area contributed by atoms with Gasteiger partial charge in [-0.05, 0) is 25.0 Å². The van der Waals surface area contributed by atoms with Gasteiger partial charge in [-0.25, -0.2) is 0 Å². The zero-order valence-electron chi connectivity index (χ0n) is 10.5. The third-order valence-corrected chi connectivity index (χ3v) is 2.19. The van der Waals surface area contributed by atoms with Crippen molar-refractivity contribution >= 4 is 11.5 Å². The van der Waals surface area contributed by atoms with Crippen LogP contribution in [0.3, 0.4) is 0 Å². The first-order valence-corrected chi connectivity index (χ1v) is 5.65. The Morgan fingerprint density at radius 1 is 1.44 bits per heavy atom. The summed E-state index contributed by atoms with van der Waals surface area (Å²) in [5, 5.41) is 0. The third-order valence-electron chi connectivity index (χ3n) is 2.19. The van der Waals surface area contributed by atoms with E-state index in [2.05, 4.69) is 23.7 Å². The highest BCUT2D eigenvalue weighted by atomic mass is 16.5. The number of ether oxygens (including phenoxy) is 1. The Morgan fingerprint density at radius 2 is 2.12 bits per heavy atom. The quantitative estimate of drug-likeness (QED) is 0.831. The van der Waals surface area contributed by atoms with Crippen LogP contribution in [0.5, 0.6) is 5.88 Å². The number of anilines is 2. The minimum atomic E-state index is 0.524. The zero-order valence-corrected chi connectivity index (χ0v) is 10.5. The Bertz CT molecular complexity index is 339. The molecule has 0 saturated heterocycles. The lowest BCUT2D eigenvalue weighted by Crippen LogP contribution is -2.23. The van der Waals surface area contributed by atoms with Gasteiger partial charge in [-0.3, -0.25) is 0 Å². The first-order valence-electron chi connectivity index (χ1n) is 5.65. The zero-order chi connectivity index (χ0) is 12.1. The van der Waals surface area contributed by atoms with Crippen LogP contribution in [0, 0.1) is 5.92 Å². The molecule has 0 atom stereocenters. The molecule has 0 spiro atoms. The number of nitrogens with zero attached hydrogens (tertiary/aromatic N) is 2. The van der Waals surface area contributed by atoms with Gasteiger partial charge in [0.1, 0.15) is 5.82 Å². The molecule has 0 fully saturated rings. The van der Waals surface area contributed by atoms with Crippen LogP contribution in [0.4, 0.5) is 11.5 Å². The van der Waals surface area contributed by atoms with E-state index in [1.54, 1.807) is 0 Å². The van der Waals surface area contributed by atoms with E-state index in [1.165, 1.54) is 0 Å². The molecule has 0 aliphatic rings. The molecule has 2 N–H and O–H groups in total. The summed E-state index contributed by atoms with van der Waals surface area (Å²) < 4.78 is 5.37. The van der Waals surface area contributed by atoms with Crippen LogP contribution in [0.25, 0.3) is 0 Å². The lowest BCUT2D eigenvalue weighted by Gasteiger charge is -2.21. The van der Waals surface area contributed by atoms with E-state index in [-0.39, 0.29) is 0 Å². The normalized spacial score (nSPS) is 10.6. The fourth-order valence-electron chi connectivity index (χ4n) is 1.55. The van der Waals surface area contributed by atoms with Crippen LogP contribution in [-0.2, 0) is 0 Å². The summed E-state index contributed by atoms with van der Waals surface area (Å²) in [6, 6.07) is 3.75. The minimum absolute atomic E-state index is 0.524. The molecule has 0 saturated carbocycles. The number of aromatic nitrogens is 1. The molecular weight excluding hydrogens is 202 g/mol. The van der Waals surface area contributed by atoms with Crippen molar-refractivity contribution in [3.8, 4) is 5.88 Å². The third kappa shape index (κ3) is 3.29. The lowest BCUT2D eigenvalue weighted by atomic mass is 10.2. The Morgan fingerprint density at radius 3 is 2.69 bits per heavy atom. The predicted molar refractivity (Wildman–Crippen MR) is 67.9 cm³/mol. The van der Waals surface area contributed by atoms with E-state index < -0.39 is 0 Å². The molecule has 0 aromatic carbocycles. The molecule has 0 aliphatic carbocycles. The highest BCUT2D eigenvalue weighted by Crippen LogP contribution is 2.22. The second-order valence-corrected chi connectivity index (χ2v) is 4.27. The van der Waals surface area contributed by atoms with Crippen molar-refractivity contribution in [2.75, 3.05) is 30.8 Å². The Hall–Kier alpha value is -1.45. The van der Waals surface area contributed by atoms with Crippen LogP contribution in [-0.4, -0.2) is 25.2 Å². The van der Waals surface area contributed by atoms with E-state index in [4.69, 9.17) is 10.5 Å². The van der Waals surface area contributed by atoms with Crippen molar-refractivity contribution in [2.45, 2.75) is 20.8 Å². The van der Waals surface area contributed by atoms with Crippen molar-refractivity contribution in [1.29, 1.82) is 0 Å². The molecule has 0 unspecified atom stereocenters. The number of rotatable bonds is 5. The Balaban J connectivity index is 2.84. The second kappa shape index (κ2) is 5.58. The van der Waals surface area contributed by atoms with Crippen molar-refractivity contribution in [3.05, 3.63) is 12.1 Å². The molecule has 16 heavy (non-hydrogen) atoms. The molecule has 4 heteroatoms. The van der Waals surface area contributed by atoms with Gasteiger partial charge in [0.15, 0.2) is 0 Å². The maximum Gasteiger partial charge on any atom is 0.239 e. The molecule has 4 nitrogen and oxygen atoms in total. The lowest BCUT2D eigenvalue weighted by molar-refractivity contribution is 0.329. The van der Waals surface area contributed by atoms with Crippen LogP contribution < -0.4 is 15.4 Å². The van der Waals surface area contributed by atoms with E-state index in [0.717, 1.165) is 12.4 Å². The molecule has 0 amide bonds. The largest absolute Gasteiger partial charge is 0.476 e. The van der Waals surface area contributed by atoms with Gasteiger partial charge in [0.25, 0.3) is 0 Å². The van der Waals surface area contributed by atoms with E-state index in [0.29, 0.717) is 24.1 Å². The van der Waals surface area contributed by atoms with Gasteiger partial charge < -0.3 is 15.4 Å². The monoisotopic (exact) mass is 223 g/mol. The highest BCUT2D eigenvalue weighted by Gasteiger charge is 2.08. The van der Waals surface area contributed by atoms with Crippen molar-refractivity contribution in [2.24, 2.45) is 5.92 Å². The number of nitrogen functional groups attached to an aromatic ring is 1. The van der Waals surface area contributed by atoms with Gasteiger partial charge in [0, 0.05) is 13.6 Å². The fourth-order valence-corrected chi connectivity index (χ4v) is 1.55. The first kappa shape index (κ1) is 12.6. The first-order chi connectivity index (χ1) is 7.54. The van der Waals surface area contributed by atoms with Crippen LogP contribution in [0.1, 0.15) is 20.8 Å². The summed E-state index contributed by atoms with van der Waals surface area (Å²) in [6.07, 6.45) is 0. The minimum Gasteiger partial charge on any atom is -0.476 e. The SMILES string of the molecule is CCOc1nc(N(C)CC(C)C)ccc1N. The molecule has 0 radical (unpaired) electrons. The average Bonchev–Trinajstić information content (AvgIpc) is 2.20. The topological polar surface area (TPSA) is 51.4 Å². The fraction of sp³-hybridized carbons (Fsp3) is 0.583. The van der Waals surface area contributed by atoms with Crippen molar-refractivity contribution < 1.29 is 4.74 Å². The van der Waals surface area contributed by atoms with Crippen LogP contribution in [0.15, 0.2) is 12.1 Å². The summed E-state index contributed by atoms with van der Waals surface area (Å²) in [4.78, 5) is 6.50. The molecule has 1 heterocycles. The highest BCUT2D eigenvalue weighted by molar-refractivity contribution is 5.54. The van der Waals surface area contributed by atoms with E-state index in [9.17, 15) is 0 Å². The summed E-state index contributed by atoms with van der Waals surface area (Å²) in [6.45, 7) is 7.82. The molecule has 1 aromatic heterocycles. The summed E-state index contributed by atoms with van der Waals surface area (Å²) in [7, 11) is 2.02. The Kier molecular flexibility index (Phi) is 4.40. The Labute approximate surface area is 97.4 Å². The van der Waals surface area contributed by atoms with Crippen LogP contribution >= 0.6 is 0 Å². The number of pyridine rings is 1. The summed E-state index contributed by atoms with van der Waals surface area (Å²) in [5.41, 5.74) is 6.36. The van der Waals surface area contributed by atoms with Gasteiger partial charge in [-0.15, -0.1) is 0 Å². The average molecular weight is 223 g/mol. The molecule has 1 aromatic rings. The summed E-state index contributed by atoms with van der Waals surface area (Å²) >= 11 is 0. The van der Waals surface area contributed by atoms with Gasteiger partial charge >= 0.3 is 0 Å². The standard InChI is InChI=1S/C12H21N3O/c1-5-16-12-10(13)6-7-11(14-12)15(4)8-9(2)3/h6-7,9H,5,8,13H2,1-4H3. The van der Waals surface area contributed by atoms with Crippen LogP contribution in [0.2, 0.25) is 0 Å². The van der Waals surface area contributed by atoms with Gasteiger partial charge in [-0.2, -0.15) is 4.98 Å². The molecule has 1 rings (SSSR count). The molecule has 0 aliphatic heterocycles. The second-order valence-electron chi connectivity index (χ2n) is 4.27. The number of hydrogen-bond acceptors (Lipinski definition) is 4. The predicted octanol–water partition coefficient (Wildman–Crippen LogP) is 2.15. The molecular formula is C12H21N3O. The van der Waals surface area contributed by atoms with E-state index >= 15 is 0 Å². The smallest absolute Gasteiger partial charge is 0.239 e. The maximum atomic E-state index is 5.77.